The van der Waals surface area contributed by atoms with Gasteiger partial charge in [0.05, 0.1) is 12.2 Å². The molecule has 0 fully saturated rings. The Balaban J connectivity index is 2.62. The third-order valence-electron chi connectivity index (χ3n) is 3.27. The zero-order chi connectivity index (χ0) is 15.1. The first-order chi connectivity index (χ1) is 9.42. The Bertz CT molecular complexity index is 440. The lowest BCUT2D eigenvalue weighted by atomic mass is 9.95. The van der Waals surface area contributed by atoms with E-state index >= 15 is 0 Å². The van der Waals surface area contributed by atoms with Crippen molar-refractivity contribution in [1.29, 1.82) is 0 Å². The van der Waals surface area contributed by atoms with Crippen LogP contribution in [0.25, 0.3) is 6.08 Å². The fourth-order valence-corrected chi connectivity index (χ4v) is 2.11. The molecule has 0 amide bonds. The van der Waals surface area contributed by atoms with Crippen LogP contribution in [0, 0.1) is 5.92 Å². The summed E-state index contributed by atoms with van der Waals surface area (Å²) in [6.45, 7) is 3.71. The van der Waals surface area contributed by atoms with Crippen LogP contribution >= 0.6 is 0 Å². The molecule has 1 rings (SSSR count). The number of aromatic hydroxyl groups is 2. The lowest BCUT2D eigenvalue weighted by Crippen LogP contribution is -2.17. The molecule has 0 spiro atoms. The number of benzene rings is 1. The van der Waals surface area contributed by atoms with E-state index in [1.807, 2.05) is 19.1 Å². The minimum atomic E-state index is -0.516. The number of aliphatic hydroxyl groups excluding tert-OH is 2. The Kier molecular flexibility index (Phi) is 6.55. The highest BCUT2D eigenvalue weighted by atomic mass is 16.3. The van der Waals surface area contributed by atoms with Gasteiger partial charge in [0.25, 0.3) is 0 Å². The number of allylic oxidation sites excluding steroid dienone is 1. The van der Waals surface area contributed by atoms with E-state index in [1.54, 1.807) is 13.0 Å². The maximum Gasteiger partial charge on any atom is 0.157 e. The minimum absolute atomic E-state index is 0.137. The van der Waals surface area contributed by atoms with E-state index in [1.165, 1.54) is 12.1 Å². The Morgan fingerprint density at radius 1 is 1.10 bits per heavy atom. The molecule has 0 aliphatic rings. The average Bonchev–Trinajstić information content (AvgIpc) is 2.37. The molecule has 0 aromatic heterocycles. The van der Waals surface area contributed by atoms with Crippen LogP contribution < -0.4 is 0 Å². The smallest absolute Gasteiger partial charge is 0.157 e. The van der Waals surface area contributed by atoms with Gasteiger partial charge in [0, 0.05) is 0 Å². The van der Waals surface area contributed by atoms with Crippen molar-refractivity contribution in [3.05, 3.63) is 29.8 Å². The van der Waals surface area contributed by atoms with E-state index in [4.69, 9.17) is 0 Å². The Morgan fingerprint density at radius 2 is 1.80 bits per heavy atom. The lowest BCUT2D eigenvalue weighted by Gasteiger charge is -2.17. The molecule has 4 nitrogen and oxygen atoms in total. The first-order valence-corrected chi connectivity index (χ1v) is 6.98. The second kappa shape index (κ2) is 7.92. The van der Waals surface area contributed by atoms with Crippen LogP contribution in [0.15, 0.2) is 24.3 Å². The normalized spacial score (nSPS) is 16.2. The summed E-state index contributed by atoms with van der Waals surface area (Å²) in [6.07, 6.45) is 4.70. The maximum absolute atomic E-state index is 9.83. The summed E-state index contributed by atoms with van der Waals surface area (Å²) >= 11 is 0. The van der Waals surface area contributed by atoms with Gasteiger partial charge in [0.15, 0.2) is 11.5 Å². The molecule has 0 saturated carbocycles. The second-order valence-corrected chi connectivity index (χ2v) is 5.25. The van der Waals surface area contributed by atoms with Crippen LogP contribution in [0.1, 0.15) is 38.7 Å². The fourth-order valence-electron chi connectivity index (χ4n) is 2.11. The maximum atomic E-state index is 9.83. The summed E-state index contributed by atoms with van der Waals surface area (Å²) in [5.41, 5.74) is 0.795. The molecule has 0 saturated heterocycles. The van der Waals surface area contributed by atoms with Gasteiger partial charge in [-0.1, -0.05) is 25.1 Å². The summed E-state index contributed by atoms with van der Waals surface area (Å²) in [4.78, 5) is 0. The van der Waals surface area contributed by atoms with Crippen LogP contribution in [-0.2, 0) is 0 Å². The largest absolute Gasteiger partial charge is 0.504 e. The summed E-state index contributed by atoms with van der Waals surface area (Å²) in [5.74, 6) is -0.0735. The van der Waals surface area contributed by atoms with Crippen molar-refractivity contribution >= 4 is 6.08 Å². The SMILES string of the molecule is CCC(/C=C/c1ccc(O)c(O)c1)CC(O)CC(C)O. The summed E-state index contributed by atoms with van der Waals surface area (Å²) in [6, 6.07) is 4.65. The highest BCUT2D eigenvalue weighted by molar-refractivity contribution is 5.55. The number of aliphatic hydroxyl groups is 2. The molecule has 0 aliphatic heterocycles. The summed E-state index contributed by atoms with van der Waals surface area (Å²) < 4.78 is 0. The number of phenolic OH excluding ortho intramolecular Hbond substituents is 2. The third kappa shape index (κ3) is 5.63. The van der Waals surface area contributed by atoms with Gasteiger partial charge in [-0.2, -0.15) is 0 Å². The van der Waals surface area contributed by atoms with E-state index < -0.39 is 12.2 Å². The number of phenols is 2. The minimum Gasteiger partial charge on any atom is -0.504 e. The van der Waals surface area contributed by atoms with Gasteiger partial charge >= 0.3 is 0 Å². The van der Waals surface area contributed by atoms with Crippen molar-refractivity contribution < 1.29 is 20.4 Å². The molecule has 0 aliphatic carbocycles. The van der Waals surface area contributed by atoms with Crippen molar-refractivity contribution in [2.24, 2.45) is 5.92 Å². The van der Waals surface area contributed by atoms with Gasteiger partial charge < -0.3 is 20.4 Å². The lowest BCUT2D eigenvalue weighted by molar-refractivity contribution is 0.0777. The molecule has 0 bridgehead atoms. The highest BCUT2D eigenvalue weighted by Gasteiger charge is 2.12. The van der Waals surface area contributed by atoms with Crippen LogP contribution in [0.5, 0.6) is 11.5 Å². The topological polar surface area (TPSA) is 80.9 Å². The van der Waals surface area contributed by atoms with E-state index in [0.29, 0.717) is 12.8 Å². The van der Waals surface area contributed by atoms with Crippen LogP contribution in [0.2, 0.25) is 0 Å². The standard InChI is InChI=1S/C16H24O4/c1-3-12(9-14(18)8-11(2)17)4-5-13-6-7-15(19)16(20)10-13/h4-7,10-12,14,17-20H,3,8-9H2,1-2H3/b5-4+. The average molecular weight is 280 g/mol. The van der Waals surface area contributed by atoms with Crippen LogP contribution in [0.3, 0.4) is 0 Å². The summed E-state index contributed by atoms with van der Waals surface area (Å²) in [5, 5.41) is 37.7. The molecule has 112 valence electrons. The predicted octanol–water partition coefficient (Wildman–Crippen LogP) is 2.66. The Morgan fingerprint density at radius 3 is 2.35 bits per heavy atom. The molecule has 3 unspecified atom stereocenters. The molecule has 3 atom stereocenters. The second-order valence-electron chi connectivity index (χ2n) is 5.25. The molecule has 0 heterocycles. The fraction of sp³-hybridized carbons (Fsp3) is 0.500. The molecule has 4 heteroatoms. The highest BCUT2D eigenvalue weighted by Crippen LogP contribution is 2.26. The molecule has 0 radical (unpaired) electrons. The molecule has 20 heavy (non-hydrogen) atoms. The van der Waals surface area contributed by atoms with E-state index in [0.717, 1.165) is 12.0 Å². The van der Waals surface area contributed by atoms with E-state index in [-0.39, 0.29) is 17.4 Å². The number of hydrogen-bond donors (Lipinski definition) is 4. The first-order valence-electron chi connectivity index (χ1n) is 6.98. The van der Waals surface area contributed by atoms with Gasteiger partial charge in [0.2, 0.25) is 0 Å². The predicted molar refractivity (Wildman–Crippen MR) is 79.5 cm³/mol. The number of rotatable bonds is 7. The number of hydrogen-bond acceptors (Lipinski definition) is 4. The molecule has 1 aromatic rings. The van der Waals surface area contributed by atoms with E-state index in [9.17, 15) is 20.4 Å². The van der Waals surface area contributed by atoms with Crippen molar-refractivity contribution in [3.8, 4) is 11.5 Å². The van der Waals surface area contributed by atoms with Crippen LogP contribution in [0.4, 0.5) is 0 Å². The van der Waals surface area contributed by atoms with Crippen molar-refractivity contribution in [3.63, 3.8) is 0 Å². The monoisotopic (exact) mass is 280 g/mol. The van der Waals surface area contributed by atoms with Gasteiger partial charge in [-0.25, -0.2) is 0 Å². The zero-order valence-electron chi connectivity index (χ0n) is 12.0. The first kappa shape index (κ1) is 16.5. The van der Waals surface area contributed by atoms with Gasteiger partial charge in [-0.3, -0.25) is 0 Å². The van der Waals surface area contributed by atoms with E-state index in [2.05, 4.69) is 0 Å². The molecule has 1 aromatic carbocycles. The molecular formula is C16H24O4. The van der Waals surface area contributed by atoms with Gasteiger partial charge in [-0.05, 0) is 49.8 Å². The third-order valence-corrected chi connectivity index (χ3v) is 3.27. The van der Waals surface area contributed by atoms with Crippen LogP contribution in [-0.4, -0.2) is 32.6 Å². The van der Waals surface area contributed by atoms with Crippen molar-refractivity contribution in [1.82, 2.24) is 0 Å². The summed E-state index contributed by atoms with van der Waals surface area (Å²) in [7, 11) is 0. The molecule has 4 N–H and O–H groups in total. The Hall–Kier alpha value is -1.52. The Labute approximate surface area is 120 Å². The van der Waals surface area contributed by atoms with Crippen molar-refractivity contribution in [2.45, 2.75) is 45.3 Å². The van der Waals surface area contributed by atoms with Crippen molar-refractivity contribution in [2.75, 3.05) is 0 Å². The van der Waals surface area contributed by atoms with Gasteiger partial charge in [0.1, 0.15) is 0 Å². The van der Waals surface area contributed by atoms with Gasteiger partial charge in [-0.15, -0.1) is 0 Å². The molecular weight excluding hydrogens is 256 g/mol. The quantitative estimate of drug-likeness (QED) is 0.579. The zero-order valence-corrected chi connectivity index (χ0v) is 12.0.